The van der Waals surface area contributed by atoms with Crippen LogP contribution in [-0.2, 0) is 0 Å². The van der Waals surface area contributed by atoms with Crippen LogP contribution in [-0.4, -0.2) is 19.6 Å². The minimum absolute atomic E-state index is 0.677. The molecule has 0 heterocycles. The van der Waals surface area contributed by atoms with Crippen LogP contribution in [0.5, 0.6) is 0 Å². The second kappa shape index (κ2) is 4.52. The standard InChI is InChI=1S/C9H18N2/c1-11-9-4-2-3-8(7-9)5-6-10/h2-3,8-9,11H,4-7,10H2,1H3. The third kappa shape index (κ3) is 2.64. The third-order valence-electron chi connectivity index (χ3n) is 2.36. The van der Waals surface area contributed by atoms with Crippen LogP contribution >= 0.6 is 0 Å². The van der Waals surface area contributed by atoms with Gasteiger partial charge < -0.3 is 11.1 Å². The topological polar surface area (TPSA) is 38.0 Å². The average molecular weight is 154 g/mol. The number of nitrogens with one attached hydrogen (secondary N) is 1. The molecule has 2 atom stereocenters. The average Bonchev–Trinajstić information content (AvgIpc) is 2.06. The molecule has 0 saturated heterocycles. The largest absolute Gasteiger partial charge is 0.330 e. The van der Waals surface area contributed by atoms with Crippen LogP contribution in [0.25, 0.3) is 0 Å². The predicted octanol–water partition coefficient (Wildman–Crippen LogP) is 0.889. The molecule has 0 aromatic heterocycles. The van der Waals surface area contributed by atoms with Gasteiger partial charge in [0, 0.05) is 6.04 Å². The predicted molar refractivity (Wildman–Crippen MR) is 48.4 cm³/mol. The van der Waals surface area contributed by atoms with Gasteiger partial charge in [0.2, 0.25) is 0 Å². The van der Waals surface area contributed by atoms with Gasteiger partial charge in [0.25, 0.3) is 0 Å². The van der Waals surface area contributed by atoms with Crippen molar-refractivity contribution in [2.45, 2.75) is 25.3 Å². The fourth-order valence-electron chi connectivity index (χ4n) is 1.64. The van der Waals surface area contributed by atoms with Gasteiger partial charge in [0.1, 0.15) is 0 Å². The maximum atomic E-state index is 5.49. The summed E-state index contributed by atoms with van der Waals surface area (Å²) in [6.45, 7) is 0.811. The van der Waals surface area contributed by atoms with Crippen molar-refractivity contribution in [1.82, 2.24) is 5.32 Å². The number of hydrogen-bond donors (Lipinski definition) is 2. The molecule has 3 N–H and O–H groups in total. The zero-order chi connectivity index (χ0) is 8.10. The second-order valence-electron chi connectivity index (χ2n) is 3.22. The Morgan fingerprint density at radius 2 is 2.45 bits per heavy atom. The molecule has 1 aliphatic carbocycles. The fraction of sp³-hybridized carbons (Fsp3) is 0.778. The molecule has 0 aliphatic heterocycles. The van der Waals surface area contributed by atoms with E-state index in [1.165, 1.54) is 12.8 Å². The Balaban J connectivity index is 2.33. The van der Waals surface area contributed by atoms with Crippen molar-refractivity contribution >= 4 is 0 Å². The molecule has 0 radical (unpaired) electrons. The second-order valence-corrected chi connectivity index (χ2v) is 3.22. The summed E-state index contributed by atoms with van der Waals surface area (Å²) in [4.78, 5) is 0. The van der Waals surface area contributed by atoms with Gasteiger partial charge in [0.15, 0.2) is 0 Å². The molecule has 2 heteroatoms. The molecular weight excluding hydrogens is 136 g/mol. The highest BCUT2D eigenvalue weighted by molar-refractivity contribution is 4.98. The molecule has 0 aromatic carbocycles. The first-order chi connectivity index (χ1) is 5.36. The molecule has 2 nitrogen and oxygen atoms in total. The van der Waals surface area contributed by atoms with E-state index in [0.29, 0.717) is 12.0 Å². The lowest BCUT2D eigenvalue weighted by atomic mass is 9.90. The minimum Gasteiger partial charge on any atom is -0.330 e. The monoisotopic (exact) mass is 154 g/mol. The van der Waals surface area contributed by atoms with Crippen LogP contribution in [0.1, 0.15) is 19.3 Å². The lowest BCUT2D eigenvalue weighted by molar-refractivity contribution is 0.418. The number of allylic oxidation sites excluding steroid dienone is 1. The van der Waals surface area contributed by atoms with Gasteiger partial charge >= 0.3 is 0 Å². The van der Waals surface area contributed by atoms with E-state index in [1.807, 2.05) is 7.05 Å². The van der Waals surface area contributed by atoms with Crippen molar-refractivity contribution in [3.63, 3.8) is 0 Å². The van der Waals surface area contributed by atoms with Gasteiger partial charge in [-0.1, -0.05) is 12.2 Å². The number of hydrogen-bond acceptors (Lipinski definition) is 2. The van der Waals surface area contributed by atoms with E-state index in [9.17, 15) is 0 Å². The van der Waals surface area contributed by atoms with Crippen LogP contribution in [0.4, 0.5) is 0 Å². The Labute approximate surface area is 68.9 Å². The molecule has 0 saturated carbocycles. The van der Waals surface area contributed by atoms with Crippen molar-refractivity contribution in [3.8, 4) is 0 Å². The van der Waals surface area contributed by atoms with Crippen LogP contribution in [0, 0.1) is 5.92 Å². The molecule has 1 rings (SSSR count). The molecule has 0 spiro atoms. The summed E-state index contributed by atoms with van der Waals surface area (Å²) < 4.78 is 0. The van der Waals surface area contributed by atoms with E-state index in [2.05, 4.69) is 17.5 Å². The number of nitrogens with two attached hydrogens (primary N) is 1. The summed E-state index contributed by atoms with van der Waals surface area (Å²) in [5.41, 5.74) is 5.49. The lowest BCUT2D eigenvalue weighted by Crippen LogP contribution is -2.29. The Kier molecular flexibility index (Phi) is 3.60. The first-order valence-electron chi connectivity index (χ1n) is 4.40. The van der Waals surface area contributed by atoms with Crippen LogP contribution < -0.4 is 11.1 Å². The Hall–Kier alpha value is -0.340. The summed E-state index contributed by atoms with van der Waals surface area (Å²) >= 11 is 0. The summed E-state index contributed by atoms with van der Waals surface area (Å²) in [5.74, 6) is 0.714. The maximum Gasteiger partial charge on any atom is 0.0104 e. The zero-order valence-corrected chi connectivity index (χ0v) is 7.22. The van der Waals surface area contributed by atoms with Crippen molar-refractivity contribution in [2.75, 3.05) is 13.6 Å². The summed E-state index contributed by atoms with van der Waals surface area (Å²) in [7, 11) is 2.03. The van der Waals surface area contributed by atoms with Crippen LogP contribution in [0.2, 0.25) is 0 Å². The van der Waals surface area contributed by atoms with E-state index in [4.69, 9.17) is 5.73 Å². The summed E-state index contributed by atoms with van der Waals surface area (Å²) in [6, 6.07) is 0.677. The molecule has 1 aliphatic rings. The van der Waals surface area contributed by atoms with Gasteiger partial charge in [0.05, 0.1) is 0 Å². The Morgan fingerprint density at radius 1 is 1.64 bits per heavy atom. The van der Waals surface area contributed by atoms with Gasteiger partial charge in [-0.05, 0) is 38.8 Å². The third-order valence-corrected chi connectivity index (χ3v) is 2.36. The smallest absolute Gasteiger partial charge is 0.0104 e. The van der Waals surface area contributed by atoms with E-state index < -0.39 is 0 Å². The van der Waals surface area contributed by atoms with E-state index in [1.54, 1.807) is 0 Å². The summed E-state index contributed by atoms with van der Waals surface area (Å²) in [6.07, 6.45) is 8.14. The highest BCUT2D eigenvalue weighted by atomic mass is 14.9. The van der Waals surface area contributed by atoms with Crippen molar-refractivity contribution in [1.29, 1.82) is 0 Å². The van der Waals surface area contributed by atoms with Crippen molar-refractivity contribution in [2.24, 2.45) is 11.7 Å². The zero-order valence-electron chi connectivity index (χ0n) is 7.22. The van der Waals surface area contributed by atoms with Crippen molar-refractivity contribution < 1.29 is 0 Å². The maximum absolute atomic E-state index is 5.49. The molecular formula is C9H18N2. The lowest BCUT2D eigenvalue weighted by Gasteiger charge is -2.23. The molecule has 0 bridgehead atoms. The minimum atomic E-state index is 0.677. The quantitative estimate of drug-likeness (QED) is 0.592. The van der Waals surface area contributed by atoms with Crippen LogP contribution in [0.15, 0.2) is 12.2 Å². The van der Waals surface area contributed by atoms with Gasteiger partial charge in [-0.3, -0.25) is 0 Å². The van der Waals surface area contributed by atoms with E-state index >= 15 is 0 Å². The Morgan fingerprint density at radius 3 is 3.09 bits per heavy atom. The fourth-order valence-corrected chi connectivity index (χ4v) is 1.64. The van der Waals surface area contributed by atoms with Gasteiger partial charge in [-0.2, -0.15) is 0 Å². The molecule has 0 aromatic rings. The molecule has 11 heavy (non-hydrogen) atoms. The van der Waals surface area contributed by atoms with E-state index in [-0.39, 0.29) is 0 Å². The van der Waals surface area contributed by atoms with Crippen LogP contribution in [0.3, 0.4) is 0 Å². The first-order valence-corrected chi connectivity index (χ1v) is 4.40. The SMILES string of the molecule is CNC1CC=CC(CCN)C1. The Bertz CT molecular complexity index is 132. The van der Waals surface area contributed by atoms with Gasteiger partial charge in [-0.25, -0.2) is 0 Å². The molecule has 64 valence electrons. The number of rotatable bonds is 3. The molecule has 0 amide bonds. The molecule has 0 fully saturated rings. The van der Waals surface area contributed by atoms with E-state index in [0.717, 1.165) is 13.0 Å². The normalized spacial score (nSPS) is 30.7. The summed E-state index contributed by atoms with van der Waals surface area (Å²) in [5, 5.41) is 3.30. The van der Waals surface area contributed by atoms with Crippen molar-refractivity contribution in [3.05, 3.63) is 12.2 Å². The first kappa shape index (κ1) is 8.75. The van der Waals surface area contributed by atoms with Gasteiger partial charge in [-0.15, -0.1) is 0 Å². The highest BCUT2D eigenvalue weighted by Crippen LogP contribution is 2.19. The molecule has 2 unspecified atom stereocenters. The highest BCUT2D eigenvalue weighted by Gasteiger charge is 2.14.